The Morgan fingerprint density at radius 2 is 1.82 bits per heavy atom. The van der Waals surface area contributed by atoms with E-state index in [2.05, 4.69) is 13.8 Å². The number of methoxy groups -OCH3 is 1. The number of amides is 2. The Bertz CT molecular complexity index is 1130. The first-order valence-electron chi connectivity index (χ1n) is 14.1. The summed E-state index contributed by atoms with van der Waals surface area (Å²) in [6.07, 6.45) is 1.17. The SMILES string of the molecule is COCCCCn1c(C(=O)N(CC(C)C)[C@H]2C[C@@H](C(C)(C)O)C(C(C)(C)C)N(C(=O)O)C2)nc2ccccc21. The smallest absolute Gasteiger partial charge is 0.407 e. The van der Waals surface area contributed by atoms with E-state index in [0.29, 0.717) is 31.9 Å². The Balaban J connectivity index is 2.06. The lowest BCUT2D eigenvalue weighted by atomic mass is 9.67. The van der Waals surface area contributed by atoms with Crippen molar-refractivity contribution in [2.24, 2.45) is 17.3 Å². The molecule has 1 aromatic carbocycles. The average Bonchev–Trinajstić information content (AvgIpc) is 3.21. The molecule has 2 amide bonds. The van der Waals surface area contributed by atoms with Crippen LogP contribution in [0.25, 0.3) is 11.0 Å². The Hall–Kier alpha value is -2.65. The highest BCUT2D eigenvalue weighted by Gasteiger charge is 2.51. The van der Waals surface area contributed by atoms with Crippen LogP contribution in [0.3, 0.4) is 0 Å². The monoisotopic (exact) mass is 544 g/mol. The number of rotatable bonds is 10. The number of carboxylic acid groups (broad SMARTS) is 1. The zero-order chi connectivity index (χ0) is 29.1. The molecule has 3 rings (SSSR count). The average molecular weight is 545 g/mol. The summed E-state index contributed by atoms with van der Waals surface area (Å²) >= 11 is 0. The number of carbonyl (C=O) groups is 2. The molecule has 2 N–H and O–H groups in total. The highest BCUT2D eigenvalue weighted by atomic mass is 16.5. The zero-order valence-electron chi connectivity index (χ0n) is 25.0. The first-order valence-corrected chi connectivity index (χ1v) is 14.1. The van der Waals surface area contributed by atoms with Crippen LogP contribution in [0.1, 0.15) is 78.3 Å². The van der Waals surface area contributed by atoms with Crippen molar-refractivity contribution in [3.05, 3.63) is 30.1 Å². The molecule has 1 unspecified atom stereocenters. The van der Waals surface area contributed by atoms with Crippen LogP contribution in [0.2, 0.25) is 0 Å². The van der Waals surface area contributed by atoms with E-state index >= 15 is 0 Å². The summed E-state index contributed by atoms with van der Waals surface area (Å²) in [7, 11) is 1.68. The van der Waals surface area contributed by atoms with Gasteiger partial charge in [-0.2, -0.15) is 0 Å². The van der Waals surface area contributed by atoms with E-state index in [1.807, 2.05) is 54.5 Å². The van der Waals surface area contributed by atoms with Crippen molar-refractivity contribution in [1.82, 2.24) is 19.4 Å². The van der Waals surface area contributed by atoms with Gasteiger partial charge in [-0.1, -0.05) is 46.8 Å². The number of hydrogen-bond donors (Lipinski definition) is 2. The van der Waals surface area contributed by atoms with Crippen molar-refractivity contribution < 1.29 is 24.5 Å². The van der Waals surface area contributed by atoms with E-state index in [1.165, 1.54) is 4.90 Å². The normalized spacial score (nSPS) is 20.6. The number of benzene rings is 1. The summed E-state index contributed by atoms with van der Waals surface area (Å²) in [6, 6.07) is 6.96. The van der Waals surface area contributed by atoms with E-state index < -0.39 is 29.2 Å². The van der Waals surface area contributed by atoms with E-state index in [9.17, 15) is 19.8 Å². The van der Waals surface area contributed by atoms with Gasteiger partial charge >= 0.3 is 6.09 Å². The van der Waals surface area contributed by atoms with Gasteiger partial charge in [0, 0.05) is 45.3 Å². The Morgan fingerprint density at radius 3 is 2.38 bits per heavy atom. The minimum absolute atomic E-state index is 0.160. The van der Waals surface area contributed by atoms with Crippen LogP contribution in [-0.4, -0.2) is 86.1 Å². The third-order valence-corrected chi connectivity index (χ3v) is 7.78. The first-order chi connectivity index (χ1) is 18.2. The highest BCUT2D eigenvalue weighted by Crippen LogP contribution is 2.42. The minimum Gasteiger partial charge on any atom is -0.465 e. The summed E-state index contributed by atoms with van der Waals surface area (Å²) in [5.74, 6) is -0.0325. The lowest BCUT2D eigenvalue weighted by Crippen LogP contribution is -2.65. The molecule has 0 bridgehead atoms. The molecule has 1 aliphatic heterocycles. The molecule has 1 aliphatic rings. The molecule has 39 heavy (non-hydrogen) atoms. The molecule has 0 radical (unpaired) electrons. The molecule has 0 saturated carbocycles. The fraction of sp³-hybridized carbons (Fsp3) is 0.700. The van der Waals surface area contributed by atoms with Gasteiger partial charge < -0.3 is 29.3 Å². The van der Waals surface area contributed by atoms with Crippen LogP contribution in [0.4, 0.5) is 4.79 Å². The predicted octanol–water partition coefficient (Wildman–Crippen LogP) is 5.12. The van der Waals surface area contributed by atoms with Crippen molar-refractivity contribution >= 4 is 23.0 Å². The molecule has 218 valence electrons. The fourth-order valence-electron chi connectivity index (χ4n) is 6.12. The van der Waals surface area contributed by atoms with Gasteiger partial charge in [-0.3, -0.25) is 4.79 Å². The molecule has 2 aromatic rings. The Labute approximate surface area is 233 Å². The van der Waals surface area contributed by atoms with Gasteiger partial charge in [0.2, 0.25) is 0 Å². The van der Waals surface area contributed by atoms with Crippen molar-refractivity contribution in [2.45, 2.75) is 92.0 Å². The van der Waals surface area contributed by atoms with E-state index in [0.717, 1.165) is 23.9 Å². The second-order valence-electron chi connectivity index (χ2n) is 13.0. The van der Waals surface area contributed by atoms with Crippen LogP contribution >= 0.6 is 0 Å². The molecule has 1 saturated heterocycles. The Morgan fingerprint density at radius 1 is 1.15 bits per heavy atom. The summed E-state index contributed by atoms with van der Waals surface area (Å²) in [5, 5.41) is 21.5. The van der Waals surface area contributed by atoms with Crippen LogP contribution in [0.5, 0.6) is 0 Å². The quantitative estimate of drug-likeness (QED) is 0.402. The summed E-state index contributed by atoms with van der Waals surface area (Å²) in [4.78, 5) is 35.0. The van der Waals surface area contributed by atoms with Gasteiger partial charge in [0.25, 0.3) is 5.91 Å². The standard InChI is InChI=1S/C30H48N4O5/c1-20(2)18-33(21-17-22(30(6,7)38)25(29(3,4)5)34(19-21)28(36)37)27(35)26-31-23-13-9-10-14-24(23)32(26)15-11-12-16-39-8/h9-10,13-14,20-22,25,38H,11-12,15-19H2,1-8H3,(H,36,37)/t21-,22+,25?/m0/s1. The molecule has 3 atom stereocenters. The number of hydrogen-bond acceptors (Lipinski definition) is 5. The lowest BCUT2D eigenvalue weighted by molar-refractivity contribution is -0.0931. The summed E-state index contributed by atoms with van der Waals surface area (Å²) < 4.78 is 7.20. The second-order valence-corrected chi connectivity index (χ2v) is 13.0. The van der Waals surface area contributed by atoms with Gasteiger partial charge in [0.15, 0.2) is 5.82 Å². The van der Waals surface area contributed by atoms with Crippen LogP contribution < -0.4 is 0 Å². The molecule has 0 spiro atoms. The van der Waals surface area contributed by atoms with Crippen molar-refractivity contribution in [3.63, 3.8) is 0 Å². The van der Waals surface area contributed by atoms with Crippen LogP contribution in [-0.2, 0) is 11.3 Å². The molecular formula is C30H48N4O5. The number of aryl methyl sites for hydroxylation is 1. The van der Waals surface area contributed by atoms with E-state index in [-0.39, 0.29) is 24.3 Å². The number of ether oxygens (including phenoxy) is 1. The van der Waals surface area contributed by atoms with Gasteiger partial charge in [0.05, 0.1) is 22.7 Å². The van der Waals surface area contributed by atoms with Crippen molar-refractivity contribution in [3.8, 4) is 0 Å². The predicted molar refractivity (Wildman–Crippen MR) is 153 cm³/mol. The number of likely N-dealkylation sites (tertiary alicyclic amines) is 1. The third-order valence-electron chi connectivity index (χ3n) is 7.78. The maximum Gasteiger partial charge on any atom is 0.407 e. The molecule has 2 heterocycles. The van der Waals surface area contributed by atoms with Crippen molar-refractivity contribution in [1.29, 1.82) is 0 Å². The van der Waals surface area contributed by atoms with Crippen LogP contribution in [0.15, 0.2) is 24.3 Å². The maximum atomic E-state index is 14.4. The van der Waals surface area contributed by atoms with Gasteiger partial charge in [-0.05, 0) is 56.6 Å². The topological polar surface area (TPSA) is 108 Å². The third kappa shape index (κ3) is 7.11. The first kappa shape index (κ1) is 30.9. The van der Waals surface area contributed by atoms with Gasteiger partial charge in [0.1, 0.15) is 0 Å². The molecule has 9 nitrogen and oxygen atoms in total. The fourth-order valence-corrected chi connectivity index (χ4v) is 6.12. The van der Waals surface area contributed by atoms with Gasteiger partial charge in [-0.15, -0.1) is 0 Å². The molecule has 9 heteroatoms. The molecule has 1 aromatic heterocycles. The molecule has 1 fully saturated rings. The largest absolute Gasteiger partial charge is 0.465 e. The number of carbonyl (C=O) groups excluding carboxylic acids is 1. The number of unbranched alkanes of at least 4 members (excludes halogenated alkanes) is 1. The summed E-state index contributed by atoms with van der Waals surface area (Å²) in [5.41, 5.74) is 0.137. The van der Waals surface area contributed by atoms with Crippen LogP contribution in [0, 0.1) is 17.3 Å². The van der Waals surface area contributed by atoms with Crippen molar-refractivity contribution in [2.75, 3.05) is 26.8 Å². The maximum absolute atomic E-state index is 14.4. The number of aliphatic hydroxyl groups is 1. The van der Waals surface area contributed by atoms with E-state index in [4.69, 9.17) is 9.72 Å². The number of piperidine rings is 1. The minimum atomic E-state index is -1.13. The number of aromatic nitrogens is 2. The number of imidazole rings is 1. The van der Waals surface area contributed by atoms with E-state index in [1.54, 1.807) is 21.0 Å². The lowest BCUT2D eigenvalue weighted by Gasteiger charge is -2.54. The zero-order valence-corrected chi connectivity index (χ0v) is 25.0. The second kappa shape index (κ2) is 12.3. The summed E-state index contributed by atoms with van der Waals surface area (Å²) in [6.45, 7) is 15.6. The number of nitrogens with zero attached hydrogens (tertiary/aromatic N) is 4. The molecular weight excluding hydrogens is 496 g/mol. The number of fused-ring (bicyclic) bond motifs is 1. The van der Waals surface area contributed by atoms with Gasteiger partial charge in [-0.25, -0.2) is 9.78 Å². The highest BCUT2D eigenvalue weighted by molar-refractivity contribution is 5.95. The Kier molecular flexibility index (Phi) is 9.70. The molecule has 0 aliphatic carbocycles. The number of para-hydroxylation sites is 2.